The van der Waals surface area contributed by atoms with Crippen LogP contribution in [-0.2, 0) is 20.8 Å². The second-order valence-corrected chi connectivity index (χ2v) is 8.17. The molecule has 0 atom stereocenters. The Kier molecular flexibility index (Phi) is 6.88. The predicted molar refractivity (Wildman–Crippen MR) is 106 cm³/mol. The molecule has 2 fully saturated rings. The third-order valence-electron chi connectivity index (χ3n) is 5.05. The van der Waals surface area contributed by atoms with Crippen LogP contribution in [0.2, 0.25) is 0 Å². The first-order valence-electron chi connectivity index (χ1n) is 9.65. The van der Waals surface area contributed by atoms with Gasteiger partial charge in [0.05, 0.1) is 0 Å². The molecular weight excluding hydrogens is 410 g/mol. The summed E-state index contributed by atoms with van der Waals surface area (Å²) in [5, 5.41) is 2.72. The molecule has 27 heavy (non-hydrogen) atoms. The average Bonchev–Trinajstić information content (AvgIpc) is 3.50. The number of unbranched alkanes of at least 4 members (excludes halogenated alkanes) is 1. The molecule has 1 aromatic carbocycles. The Labute approximate surface area is 168 Å². The minimum Gasteiger partial charge on any atom is -0.345 e. The molecule has 0 spiro atoms. The lowest BCUT2D eigenvalue weighted by Gasteiger charge is -2.34. The molecular formula is C20H26BrN3O3. The summed E-state index contributed by atoms with van der Waals surface area (Å²) < 4.78 is 1.07. The van der Waals surface area contributed by atoms with Crippen molar-refractivity contribution in [2.45, 2.75) is 44.6 Å². The van der Waals surface area contributed by atoms with E-state index in [-0.39, 0.29) is 11.9 Å². The van der Waals surface area contributed by atoms with Crippen molar-refractivity contribution in [1.29, 1.82) is 0 Å². The highest BCUT2D eigenvalue weighted by Gasteiger charge is 2.31. The van der Waals surface area contributed by atoms with E-state index in [9.17, 15) is 14.4 Å². The second-order valence-electron chi connectivity index (χ2n) is 7.25. The number of nitrogens with zero attached hydrogens (tertiary/aromatic N) is 2. The smallest absolute Gasteiger partial charge is 0.312 e. The molecule has 1 N–H and O–H groups in total. The van der Waals surface area contributed by atoms with Crippen LogP contribution in [0.1, 0.15) is 37.7 Å². The zero-order valence-electron chi connectivity index (χ0n) is 15.5. The number of aryl methyl sites for hydroxylation is 1. The van der Waals surface area contributed by atoms with Gasteiger partial charge in [0.25, 0.3) is 0 Å². The van der Waals surface area contributed by atoms with E-state index in [1.54, 1.807) is 4.90 Å². The molecule has 146 valence electrons. The van der Waals surface area contributed by atoms with Gasteiger partial charge in [-0.2, -0.15) is 0 Å². The Morgan fingerprint density at radius 1 is 0.963 bits per heavy atom. The largest absolute Gasteiger partial charge is 0.345 e. The van der Waals surface area contributed by atoms with E-state index in [2.05, 4.69) is 33.4 Å². The summed E-state index contributed by atoms with van der Waals surface area (Å²) in [6.07, 6.45) is 5.27. The molecule has 3 rings (SSSR count). The SMILES string of the molecule is O=C(NC1CC1)C(=O)N1CCN(C(=O)CCCCc2ccc(Br)cc2)CC1. The maximum Gasteiger partial charge on any atom is 0.312 e. The van der Waals surface area contributed by atoms with E-state index in [4.69, 9.17) is 0 Å². The van der Waals surface area contributed by atoms with Crippen molar-refractivity contribution >= 4 is 33.7 Å². The Morgan fingerprint density at radius 2 is 1.59 bits per heavy atom. The molecule has 1 saturated carbocycles. The van der Waals surface area contributed by atoms with Gasteiger partial charge in [0.2, 0.25) is 5.91 Å². The van der Waals surface area contributed by atoms with Crippen molar-refractivity contribution in [2.75, 3.05) is 26.2 Å². The van der Waals surface area contributed by atoms with Crippen LogP contribution >= 0.6 is 15.9 Å². The molecule has 1 aromatic rings. The molecule has 6 nitrogen and oxygen atoms in total. The van der Waals surface area contributed by atoms with Crippen LogP contribution in [0.4, 0.5) is 0 Å². The van der Waals surface area contributed by atoms with Crippen molar-refractivity contribution < 1.29 is 14.4 Å². The minimum absolute atomic E-state index is 0.139. The fraction of sp³-hybridized carbons (Fsp3) is 0.550. The number of carbonyl (C=O) groups excluding carboxylic acids is 3. The fourth-order valence-electron chi connectivity index (χ4n) is 3.19. The molecule has 0 unspecified atom stereocenters. The molecule has 1 saturated heterocycles. The number of hydrogen-bond acceptors (Lipinski definition) is 3. The normalized spacial score (nSPS) is 16.9. The van der Waals surface area contributed by atoms with Crippen LogP contribution in [0.15, 0.2) is 28.7 Å². The molecule has 1 aliphatic heterocycles. The van der Waals surface area contributed by atoms with Gasteiger partial charge in [-0.1, -0.05) is 28.1 Å². The third kappa shape index (κ3) is 6.06. The van der Waals surface area contributed by atoms with Gasteiger partial charge in [-0.3, -0.25) is 14.4 Å². The zero-order valence-corrected chi connectivity index (χ0v) is 17.0. The maximum atomic E-state index is 12.4. The van der Waals surface area contributed by atoms with E-state index in [1.165, 1.54) is 5.56 Å². The lowest BCUT2D eigenvalue weighted by atomic mass is 10.1. The number of piperazine rings is 1. The number of carbonyl (C=O) groups is 3. The van der Waals surface area contributed by atoms with Crippen molar-refractivity contribution in [1.82, 2.24) is 15.1 Å². The van der Waals surface area contributed by atoms with Crippen LogP contribution in [0.25, 0.3) is 0 Å². The molecule has 0 aromatic heterocycles. The standard InChI is InChI=1S/C20H26BrN3O3/c21-16-7-5-15(6-8-16)3-1-2-4-18(25)23-11-13-24(14-12-23)20(27)19(26)22-17-9-10-17/h5-8,17H,1-4,9-14H2,(H,22,26). The summed E-state index contributed by atoms with van der Waals surface area (Å²) in [5.41, 5.74) is 1.28. The van der Waals surface area contributed by atoms with Crippen LogP contribution in [0.3, 0.4) is 0 Å². The van der Waals surface area contributed by atoms with Gasteiger partial charge in [0.1, 0.15) is 0 Å². The highest BCUT2D eigenvalue weighted by Crippen LogP contribution is 2.18. The number of hydrogen-bond donors (Lipinski definition) is 1. The number of rotatable bonds is 6. The first kappa shape index (κ1) is 19.9. The highest BCUT2D eigenvalue weighted by atomic mass is 79.9. The third-order valence-corrected chi connectivity index (χ3v) is 5.57. The molecule has 7 heteroatoms. The molecule has 3 amide bonds. The van der Waals surface area contributed by atoms with Crippen molar-refractivity contribution in [2.24, 2.45) is 0 Å². The van der Waals surface area contributed by atoms with Gasteiger partial charge in [-0.15, -0.1) is 0 Å². The van der Waals surface area contributed by atoms with Gasteiger partial charge in [-0.05, 0) is 49.8 Å². The minimum atomic E-state index is -0.509. The lowest BCUT2D eigenvalue weighted by Crippen LogP contribution is -2.54. The van der Waals surface area contributed by atoms with Gasteiger partial charge < -0.3 is 15.1 Å². The lowest BCUT2D eigenvalue weighted by molar-refractivity contribution is -0.148. The second kappa shape index (κ2) is 9.35. The Bertz CT molecular complexity index is 680. The summed E-state index contributed by atoms with van der Waals surface area (Å²) in [6, 6.07) is 8.45. The Morgan fingerprint density at radius 3 is 2.22 bits per heavy atom. The van der Waals surface area contributed by atoms with E-state index in [0.717, 1.165) is 36.6 Å². The van der Waals surface area contributed by atoms with Gasteiger partial charge in [0.15, 0.2) is 0 Å². The van der Waals surface area contributed by atoms with Crippen LogP contribution in [0.5, 0.6) is 0 Å². The van der Waals surface area contributed by atoms with Gasteiger partial charge in [-0.25, -0.2) is 0 Å². The monoisotopic (exact) mass is 435 g/mol. The summed E-state index contributed by atoms with van der Waals surface area (Å²) >= 11 is 3.43. The molecule has 0 radical (unpaired) electrons. The summed E-state index contributed by atoms with van der Waals surface area (Å²) in [6.45, 7) is 1.88. The topological polar surface area (TPSA) is 69.7 Å². The van der Waals surface area contributed by atoms with Crippen LogP contribution in [-0.4, -0.2) is 59.7 Å². The first-order chi connectivity index (χ1) is 13.0. The molecule has 2 aliphatic rings. The van der Waals surface area contributed by atoms with Crippen molar-refractivity contribution in [3.05, 3.63) is 34.3 Å². The summed E-state index contributed by atoms with van der Waals surface area (Å²) in [5.74, 6) is -0.839. The maximum absolute atomic E-state index is 12.4. The highest BCUT2D eigenvalue weighted by molar-refractivity contribution is 9.10. The first-order valence-corrected chi connectivity index (χ1v) is 10.4. The quantitative estimate of drug-likeness (QED) is 0.549. The van der Waals surface area contributed by atoms with E-state index in [0.29, 0.717) is 32.6 Å². The van der Waals surface area contributed by atoms with Gasteiger partial charge >= 0.3 is 11.8 Å². The van der Waals surface area contributed by atoms with E-state index >= 15 is 0 Å². The molecule has 1 aliphatic carbocycles. The molecule has 1 heterocycles. The summed E-state index contributed by atoms with van der Waals surface area (Å²) in [4.78, 5) is 39.7. The Balaban J connectivity index is 1.32. The number of halogens is 1. The fourth-order valence-corrected chi connectivity index (χ4v) is 3.46. The van der Waals surface area contributed by atoms with Crippen molar-refractivity contribution in [3.63, 3.8) is 0 Å². The summed E-state index contributed by atoms with van der Waals surface area (Å²) in [7, 11) is 0. The zero-order chi connectivity index (χ0) is 19.2. The number of benzene rings is 1. The predicted octanol–water partition coefficient (Wildman–Crippen LogP) is 2.11. The van der Waals surface area contributed by atoms with E-state index < -0.39 is 11.8 Å². The molecule has 0 bridgehead atoms. The van der Waals surface area contributed by atoms with Crippen molar-refractivity contribution in [3.8, 4) is 0 Å². The van der Waals surface area contributed by atoms with Crippen LogP contribution < -0.4 is 5.32 Å². The van der Waals surface area contributed by atoms with Gasteiger partial charge in [0, 0.05) is 43.1 Å². The average molecular weight is 436 g/mol. The number of amides is 3. The number of nitrogens with one attached hydrogen (secondary N) is 1. The van der Waals surface area contributed by atoms with Crippen LogP contribution in [0, 0.1) is 0 Å². The Hall–Kier alpha value is -1.89. The van der Waals surface area contributed by atoms with E-state index in [1.807, 2.05) is 17.0 Å².